The van der Waals surface area contributed by atoms with Gasteiger partial charge in [0.2, 0.25) is 0 Å². The van der Waals surface area contributed by atoms with Gasteiger partial charge in [0.05, 0.1) is 0 Å². The van der Waals surface area contributed by atoms with Crippen LogP contribution < -0.4 is 0 Å². The van der Waals surface area contributed by atoms with Crippen molar-refractivity contribution in [3.05, 3.63) is 60.2 Å². The first-order chi connectivity index (χ1) is 18.3. The van der Waals surface area contributed by atoms with Crippen LogP contribution >= 0.6 is 14.1 Å². The van der Waals surface area contributed by atoms with Gasteiger partial charge in [0.25, 0.3) is 0 Å². The molecule has 1 aliphatic rings. The molecule has 3 rings (SSSR count). The first kappa shape index (κ1) is 34.8. The van der Waals surface area contributed by atoms with Crippen molar-refractivity contribution >= 4 is 61.4 Å². The van der Waals surface area contributed by atoms with Crippen LogP contribution in [0.2, 0.25) is 39.3 Å². The summed E-state index contributed by atoms with van der Waals surface area (Å²) in [7, 11) is -7.08. The average Bonchev–Trinajstić information content (AvgIpc) is 2.81. The van der Waals surface area contributed by atoms with Crippen LogP contribution in [-0.2, 0) is 5.64 Å². The molecular weight excluding hydrogens is 680 g/mol. The second-order valence-corrected chi connectivity index (χ2v) is 48.5. The third kappa shape index (κ3) is 5.99. The Bertz CT molecular complexity index is 1140. The second kappa shape index (κ2) is 12.3. The average molecular weight is 734 g/mol. The molecule has 0 aliphatic carbocycles. The molecule has 1 fully saturated rings. The molecular formula is C30H54Ge2N4P2Si2. The third-order valence-electron chi connectivity index (χ3n) is 7.95. The van der Waals surface area contributed by atoms with Crippen LogP contribution in [-0.4, -0.2) is 79.9 Å². The van der Waals surface area contributed by atoms with Gasteiger partial charge < -0.3 is 0 Å². The summed E-state index contributed by atoms with van der Waals surface area (Å²) < 4.78 is 12.7. The molecule has 0 saturated carbocycles. The molecule has 40 heavy (non-hydrogen) atoms. The van der Waals surface area contributed by atoms with E-state index in [-0.39, 0.29) is 5.64 Å². The van der Waals surface area contributed by atoms with Crippen molar-refractivity contribution < 1.29 is 0 Å². The molecule has 0 aromatic carbocycles. The molecule has 1 saturated heterocycles. The Morgan fingerprint density at radius 2 is 0.875 bits per heavy atom. The molecule has 0 unspecified atom stereocenters. The topological polar surface area (TPSA) is 50.5 Å². The predicted octanol–water partition coefficient (Wildman–Crippen LogP) is 9.53. The van der Waals surface area contributed by atoms with Gasteiger partial charge >= 0.3 is 263 Å². The quantitative estimate of drug-likeness (QED) is 0.181. The molecule has 10 heteroatoms. The summed E-state index contributed by atoms with van der Waals surface area (Å²) in [6.07, 6.45) is 4.11. The monoisotopic (exact) mass is 736 g/mol. The van der Waals surface area contributed by atoms with Gasteiger partial charge in [0.1, 0.15) is 0 Å². The number of nitrogens with zero attached hydrogens (tertiary/aromatic N) is 4. The Hall–Kier alpha value is 0.279. The Balaban J connectivity index is 2.57. The Kier molecular flexibility index (Phi) is 10.7. The molecule has 0 N–H and O–H groups in total. The van der Waals surface area contributed by atoms with E-state index in [2.05, 4.69) is 143 Å². The molecule has 2 aromatic heterocycles. The van der Waals surface area contributed by atoms with Crippen LogP contribution in [0, 0.1) is 0 Å². The summed E-state index contributed by atoms with van der Waals surface area (Å²) in [4.78, 5) is 10.5. The van der Waals surface area contributed by atoms with Crippen LogP contribution in [0.3, 0.4) is 0 Å². The normalized spacial score (nSPS) is 22.6. The fourth-order valence-electron chi connectivity index (χ4n) is 7.00. The van der Waals surface area contributed by atoms with Crippen molar-refractivity contribution in [1.82, 2.24) is 9.97 Å². The van der Waals surface area contributed by atoms with Crippen LogP contribution in [0.5, 0.6) is 0 Å². The van der Waals surface area contributed by atoms with Crippen LogP contribution in [0.15, 0.2) is 57.6 Å². The van der Waals surface area contributed by atoms with Gasteiger partial charge in [-0.25, -0.2) is 0 Å². The van der Waals surface area contributed by atoms with Crippen molar-refractivity contribution in [1.29, 1.82) is 0 Å². The first-order valence-corrected chi connectivity index (χ1v) is 29.8. The van der Waals surface area contributed by atoms with Crippen LogP contribution in [0.1, 0.15) is 66.8 Å². The Morgan fingerprint density at radius 3 is 1.07 bits per heavy atom. The minimum absolute atomic E-state index is 0.179. The van der Waals surface area contributed by atoms with E-state index in [1.807, 2.05) is 0 Å². The first-order valence-electron chi connectivity index (χ1n) is 15.0. The van der Waals surface area contributed by atoms with E-state index in [1.54, 1.807) is 0 Å². The molecule has 4 radical (unpaired) electrons. The number of pyridine rings is 2. The van der Waals surface area contributed by atoms with Gasteiger partial charge in [0, 0.05) is 0 Å². The number of rotatable bonds is 10. The van der Waals surface area contributed by atoms with E-state index in [0.717, 1.165) is 0 Å². The van der Waals surface area contributed by atoms with Crippen LogP contribution in [0.4, 0.5) is 0 Å². The molecule has 4 nitrogen and oxygen atoms in total. The summed E-state index contributed by atoms with van der Waals surface area (Å²) in [5.74, 6) is 0. The van der Waals surface area contributed by atoms with Gasteiger partial charge in [-0.15, -0.1) is 0 Å². The van der Waals surface area contributed by atoms with Gasteiger partial charge in [0.15, 0.2) is 0 Å². The predicted molar refractivity (Wildman–Crippen MR) is 189 cm³/mol. The van der Waals surface area contributed by atoms with Gasteiger partial charge in [-0.3, -0.25) is 0 Å². The van der Waals surface area contributed by atoms with E-state index in [0.29, 0.717) is 22.6 Å². The van der Waals surface area contributed by atoms with E-state index in [4.69, 9.17) is 18.8 Å². The fraction of sp³-hybridized carbons (Fsp3) is 0.667. The van der Waals surface area contributed by atoms with Gasteiger partial charge in [-0.1, -0.05) is 0 Å². The van der Waals surface area contributed by atoms with Gasteiger partial charge in [-0.05, 0) is 0 Å². The maximum atomic E-state index is 6.16. The minimum atomic E-state index is -1.81. The Labute approximate surface area is 261 Å². The molecule has 220 valence electrons. The summed E-state index contributed by atoms with van der Waals surface area (Å²) in [5.41, 5.74) is 4.95. The standard InChI is InChI=1S/C30H54Ge2N4P2Si2/c1-23(2)37(24(3)4,35-39(9,10)11)29(27-19-15-17-21-33-27)31-30(32-29,28-20-16-18-22-34-28)38(25(5)6,26(7)8)36-40(12,13)14/h15-26H,1-14H3. The van der Waals surface area contributed by atoms with Gasteiger partial charge in [-0.2, -0.15) is 0 Å². The number of hydrogen-bond donors (Lipinski definition) is 0. The van der Waals surface area contributed by atoms with Crippen molar-refractivity contribution in [3.63, 3.8) is 0 Å². The fourth-order valence-corrected chi connectivity index (χ4v) is 68.6. The summed E-state index contributed by atoms with van der Waals surface area (Å²) >= 11 is -1.23. The van der Waals surface area contributed by atoms with E-state index < -0.39 is 61.4 Å². The second-order valence-electron chi connectivity index (χ2n) is 14.5. The third-order valence-corrected chi connectivity index (χ3v) is 46.3. The van der Waals surface area contributed by atoms with Crippen LogP contribution in [0.25, 0.3) is 0 Å². The molecule has 0 bridgehead atoms. The van der Waals surface area contributed by atoms with Crippen molar-refractivity contribution in [3.8, 4) is 0 Å². The van der Waals surface area contributed by atoms with E-state index in [9.17, 15) is 0 Å². The van der Waals surface area contributed by atoms with Crippen molar-refractivity contribution in [2.75, 3.05) is 0 Å². The number of hydrogen-bond acceptors (Lipinski definition) is 4. The molecule has 2 aromatic rings. The summed E-state index contributed by atoms with van der Waals surface area (Å²) in [6.45, 7) is 34.8. The molecule has 0 atom stereocenters. The summed E-state index contributed by atoms with van der Waals surface area (Å²) in [6, 6.07) is 13.5. The molecule has 3 heterocycles. The zero-order chi connectivity index (χ0) is 30.4. The van der Waals surface area contributed by atoms with E-state index in [1.165, 1.54) is 11.4 Å². The maximum absolute atomic E-state index is 6.16. The Morgan fingerprint density at radius 1 is 0.575 bits per heavy atom. The SMILES string of the molecule is CC(C)P(=N[Si](C)(C)C)(C(C)C)[C]1(c2ccccn2)[Ge][C](c2ccccn2)(P(=N[Si](C)(C)C)(C(C)C)C(C)C)[Ge]1. The molecule has 1 aliphatic heterocycles. The van der Waals surface area contributed by atoms with Crippen molar-refractivity contribution in [2.24, 2.45) is 8.82 Å². The summed E-state index contributed by atoms with van der Waals surface area (Å²) in [5, 5.41) is 0. The zero-order valence-electron chi connectivity index (χ0n) is 27.6. The van der Waals surface area contributed by atoms with E-state index >= 15 is 0 Å². The van der Waals surface area contributed by atoms with Crippen molar-refractivity contribution in [2.45, 2.75) is 123 Å². The molecule has 0 spiro atoms. The zero-order valence-corrected chi connectivity index (χ0v) is 35.6. The molecule has 0 amide bonds. The number of aromatic nitrogens is 2.